The maximum atomic E-state index is 14.8. The molecule has 1 aromatic carbocycles. The number of carbonyl (C=O) groups is 1. The number of rotatable bonds is 6. The lowest BCUT2D eigenvalue weighted by Gasteiger charge is -2.34. The van der Waals surface area contributed by atoms with Gasteiger partial charge >= 0.3 is 13.1 Å². The van der Waals surface area contributed by atoms with Gasteiger partial charge in [0, 0.05) is 11.1 Å². The number of fused-ring (bicyclic) bond motifs is 1. The highest BCUT2D eigenvalue weighted by atomic mass is 19.1. The molecule has 0 heterocycles. The van der Waals surface area contributed by atoms with Gasteiger partial charge in [0.2, 0.25) is 0 Å². The molecular weight excluding hydrogens is 336 g/mol. The molecule has 2 atom stereocenters. The van der Waals surface area contributed by atoms with Crippen LogP contribution in [0.4, 0.5) is 4.39 Å². The Labute approximate surface area is 153 Å². The molecule has 0 bridgehead atoms. The molecule has 2 aliphatic carbocycles. The SMILES string of the molecule is NC1(c2cc3c(cc2F)C[C@H](CCCB(O)O)[C@@H]3C(=O)O)CCCCC1. The van der Waals surface area contributed by atoms with Crippen LogP contribution in [0.5, 0.6) is 0 Å². The summed E-state index contributed by atoms with van der Waals surface area (Å²) in [5, 5.41) is 27.7. The second-order valence-electron chi connectivity index (χ2n) is 7.94. The molecule has 0 amide bonds. The molecular formula is C19H27BFNO4. The predicted molar refractivity (Wildman–Crippen MR) is 97.2 cm³/mol. The number of nitrogens with two attached hydrogens (primary N) is 1. The van der Waals surface area contributed by atoms with Crippen LogP contribution in [-0.2, 0) is 16.8 Å². The lowest BCUT2D eigenvalue weighted by atomic mass is 9.76. The zero-order chi connectivity index (χ0) is 18.9. The summed E-state index contributed by atoms with van der Waals surface area (Å²) < 4.78 is 14.8. The van der Waals surface area contributed by atoms with E-state index < -0.39 is 24.5 Å². The average molecular weight is 363 g/mol. The van der Waals surface area contributed by atoms with Gasteiger partial charge in [-0.1, -0.05) is 25.7 Å². The average Bonchev–Trinajstić information content (AvgIpc) is 2.91. The molecule has 0 unspecified atom stereocenters. The molecule has 1 fully saturated rings. The van der Waals surface area contributed by atoms with E-state index in [1.807, 2.05) is 0 Å². The summed E-state index contributed by atoms with van der Waals surface area (Å²) in [6, 6.07) is 3.18. The zero-order valence-electron chi connectivity index (χ0n) is 15.0. The van der Waals surface area contributed by atoms with Crippen LogP contribution in [0.3, 0.4) is 0 Å². The van der Waals surface area contributed by atoms with Crippen LogP contribution in [-0.4, -0.2) is 28.2 Å². The van der Waals surface area contributed by atoms with Crippen LogP contribution >= 0.6 is 0 Å². The fraction of sp³-hybridized carbons (Fsp3) is 0.632. The minimum atomic E-state index is -1.38. The maximum absolute atomic E-state index is 14.8. The smallest absolute Gasteiger partial charge is 0.451 e. The Morgan fingerprint density at radius 1 is 1.27 bits per heavy atom. The summed E-state index contributed by atoms with van der Waals surface area (Å²) in [7, 11) is -1.38. The zero-order valence-corrected chi connectivity index (χ0v) is 15.0. The van der Waals surface area contributed by atoms with E-state index in [1.165, 1.54) is 6.07 Å². The topological polar surface area (TPSA) is 104 Å². The number of benzene rings is 1. The van der Waals surface area contributed by atoms with Crippen LogP contribution in [0.15, 0.2) is 12.1 Å². The first-order chi connectivity index (χ1) is 12.3. The first kappa shape index (κ1) is 19.3. The highest BCUT2D eigenvalue weighted by Crippen LogP contribution is 2.44. The highest BCUT2D eigenvalue weighted by Gasteiger charge is 2.40. The molecule has 5 N–H and O–H groups in total. The summed E-state index contributed by atoms with van der Waals surface area (Å²) in [6.07, 6.45) is 6.26. The lowest BCUT2D eigenvalue weighted by molar-refractivity contribution is -0.139. The molecule has 1 aromatic rings. The minimum Gasteiger partial charge on any atom is -0.481 e. The van der Waals surface area contributed by atoms with E-state index in [2.05, 4.69) is 0 Å². The minimum absolute atomic E-state index is 0.156. The number of hydrogen-bond donors (Lipinski definition) is 4. The van der Waals surface area contributed by atoms with Gasteiger partial charge < -0.3 is 20.9 Å². The third kappa shape index (κ3) is 3.80. The first-order valence-corrected chi connectivity index (χ1v) is 9.52. The van der Waals surface area contributed by atoms with Gasteiger partial charge in [0.05, 0.1) is 5.92 Å². The van der Waals surface area contributed by atoms with Gasteiger partial charge in [-0.25, -0.2) is 4.39 Å². The van der Waals surface area contributed by atoms with Crippen molar-refractivity contribution in [2.45, 2.75) is 69.1 Å². The van der Waals surface area contributed by atoms with Gasteiger partial charge in [-0.3, -0.25) is 4.79 Å². The van der Waals surface area contributed by atoms with Crippen LogP contribution in [0, 0.1) is 11.7 Å². The highest BCUT2D eigenvalue weighted by molar-refractivity contribution is 6.40. The quantitative estimate of drug-likeness (QED) is 0.582. The van der Waals surface area contributed by atoms with Gasteiger partial charge in [-0.2, -0.15) is 0 Å². The van der Waals surface area contributed by atoms with Crippen molar-refractivity contribution < 1.29 is 24.3 Å². The molecule has 2 aliphatic rings. The summed E-state index contributed by atoms with van der Waals surface area (Å²) in [5.41, 5.74) is 7.67. The Kier molecular flexibility index (Phi) is 5.70. The lowest BCUT2D eigenvalue weighted by Crippen LogP contribution is -2.39. The van der Waals surface area contributed by atoms with E-state index in [9.17, 15) is 14.3 Å². The molecule has 1 saturated carbocycles. The summed E-state index contributed by atoms with van der Waals surface area (Å²) >= 11 is 0. The standard InChI is InChI=1S/C19H27BFNO4/c21-16-10-13-9-12(5-4-8-20(25)26)17(18(23)24)14(13)11-15(16)19(22)6-2-1-3-7-19/h10-12,17,25-26H,1-9,22H2,(H,23,24)/t12-,17-/m0/s1. The van der Waals surface area contributed by atoms with Crippen molar-refractivity contribution >= 4 is 13.1 Å². The normalized spacial score (nSPS) is 24.3. The van der Waals surface area contributed by atoms with Crippen LogP contribution in [0.1, 0.15) is 67.6 Å². The Morgan fingerprint density at radius 2 is 1.96 bits per heavy atom. The first-order valence-electron chi connectivity index (χ1n) is 9.52. The van der Waals surface area contributed by atoms with Crippen molar-refractivity contribution in [3.05, 3.63) is 34.6 Å². The molecule has 0 aliphatic heterocycles. The van der Waals surface area contributed by atoms with E-state index in [0.29, 0.717) is 30.4 Å². The van der Waals surface area contributed by atoms with E-state index in [4.69, 9.17) is 15.8 Å². The van der Waals surface area contributed by atoms with Gasteiger partial charge in [0.1, 0.15) is 5.82 Å². The second-order valence-corrected chi connectivity index (χ2v) is 7.94. The number of carboxylic acid groups (broad SMARTS) is 1. The van der Waals surface area contributed by atoms with Crippen molar-refractivity contribution in [2.75, 3.05) is 0 Å². The molecule has 0 saturated heterocycles. The molecule has 0 spiro atoms. The van der Waals surface area contributed by atoms with Gasteiger partial charge in [-0.15, -0.1) is 0 Å². The predicted octanol–water partition coefficient (Wildman–Crippen LogP) is 2.54. The van der Waals surface area contributed by atoms with E-state index in [0.717, 1.165) is 37.7 Å². The van der Waals surface area contributed by atoms with Crippen LogP contribution < -0.4 is 5.73 Å². The molecule has 7 heteroatoms. The molecule has 0 aromatic heterocycles. The number of hydrogen-bond acceptors (Lipinski definition) is 4. The molecule has 5 nitrogen and oxygen atoms in total. The summed E-state index contributed by atoms with van der Waals surface area (Å²) in [4.78, 5) is 11.9. The Bertz CT molecular complexity index is 676. The van der Waals surface area contributed by atoms with Crippen LogP contribution in [0.25, 0.3) is 0 Å². The molecule has 142 valence electrons. The van der Waals surface area contributed by atoms with E-state index in [-0.39, 0.29) is 18.1 Å². The van der Waals surface area contributed by atoms with E-state index >= 15 is 0 Å². The number of halogens is 1. The van der Waals surface area contributed by atoms with Crippen molar-refractivity contribution in [1.29, 1.82) is 0 Å². The van der Waals surface area contributed by atoms with Gasteiger partial charge in [0.15, 0.2) is 0 Å². The fourth-order valence-corrected chi connectivity index (χ4v) is 4.75. The third-order valence-electron chi connectivity index (χ3n) is 6.10. The second kappa shape index (κ2) is 7.67. The molecule has 3 rings (SSSR count). The third-order valence-corrected chi connectivity index (χ3v) is 6.10. The molecule has 0 radical (unpaired) electrons. The fourth-order valence-electron chi connectivity index (χ4n) is 4.75. The van der Waals surface area contributed by atoms with Crippen molar-refractivity contribution in [3.63, 3.8) is 0 Å². The summed E-state index contributed by atoms with van der Waals surface area (Å²) in [6.45, 7) is 0. The van der Waals surface area contributed by atoms with Crippen LogP contribution in [0.2, 0.25) is 6.32 Å². The number of aliphatic carboxylic acids is 1. The summed E-state index contributed by atoms with van der Waals surface area (Å²) in [5.74, 6) is -2.09. The Morgan fingerprint density at radius 3 is 2.58 bits per heavy atom. The van der Waals surface area contributed by atoms with Crippen molar-refractivity contribution in [1.82, 2.24) is 0 Å². The van der Waals surface area contributed by atoms with Crippen molar-refractivity contribution in [2.24, 2.45) is 11.7 Å². The van der Waals surface area contributed by atoms with Gasteiger partial charge in [0.25, 0.3) is 0 Å². The monoisotopic (exact) mass is 363 g/mol. The van der Waals surface area contributed by atoms with Crippen molar-refractivity contribution in [3.8, 4) is 0 Å². The maximum Gasteiger partial charge on any atom is 0.451 e. The number of carboxylic acids is 1. The van der Waals surface area contributed by atoms with Gasteiger partial charge in [-0.05, 0) is 61.2 Å². The Balaban J connectivity index is 1.89. The Hall–Kier alpha value is -1.44. The van der Waals surface area contributed by atoms with E-state index in [1.54, 1.807) is 6.07 Å². The largest absolute Gasteiger partial charge is 0.481 e. The molecule has 26 heavy (non-hydrogen) atoms.